The van der Waals surface area contributed by atoms with Gasteiger partial charge >= 0.3 is 0 Å². The van der Waals surface area contributed by atoms with Crippen LogP contribution in [0.2, 0.25) is 0 Å². The normalized spacial score (nSPS) is 21.6. The van der Waals surface area contributed by atoms with Crippen molar-refractivity contribution < 1.29 is 23.1 Å². The molecule has 1 aliphatic carbocycles. The molecule has 0 saturated heterocycles. The fourth-order valence-corrected chi connectivity index (χ4v) is 5.84. The number of nitrogens with one attached hydrogen (secondary N) is 2. The lowest BCUT2D eigenvalue weighted by Crippen LogP contribution is -2.35. The largest absolute Gasteiger partial charge is 0.489 e. The number of halogens is 1. The summed E-state index contributed by atoms with van der Waals surface area (Å²) in [6, 6.07) is 13.6. The highest BCUT2D eigenvalue weighted by molar-refractivity contribution is 9.10. The first-order valence-corrected chi connectivity index (χ1v) is 13.0. The molecule has 3 atom stereocenters. The molecule has 9 heteroatoms. The number of carbonyl (C=O) groups is 1. The topological polar surface area (TPSA) is 105 Å². The molecule has 2 aromatic rings. The molecule has 2 aromatic carbocycles. The third-order valence-electron chi connectivity index (χ3n) is 5.42. The van der Waals surface area contributed by atoms with Gasteiger partial charge in [-0.3, -0.25) is 4.79 Å². The van der Waals surface area contributed by atoms with Crippen molar-refractivity contribution in [1.29, 1.82) is 0 Å². The average Bonchev–Trinajstić information content (AvgIpc) is 2.91. The lowest BCUT2D eigenvalue weighted by atomic mass is 10.00. The number of aliphatic hydroxyl groups is 1. The molecule has 0 unspecified atom stereocenters. The molecule has 0 spiro atoms. The number of ether oxygens (including phenoxy) is 1. The van der Waals surface area contributed by atoms with Crippen molar-refractivity contribution in [1.82, 2.24) is 4.72 Å². The van der Waals surface area contributed by atoms with Gasteiger partial charge in [-0.1, -0.05) is 24.3 Å². The van der Waals surface area contributed by atoms with Gasteiger partial charge < -0.3 is 15.2 Å². The molecule has 7 nitrogen and oxygen atoms in total. The second-order valence-electron chi connectivity index (χ2n) is 8.23. The van der Waals surface area contributed by atoms with Crippen LogP contribution < -0.4 is 14.8 Å². The van der Waals surface area contributed by atoms with E-state index in [0.717, 1.165) is 5.69 Å². The summed E-state index contributed by atoms with van der Waals surface area (Å²) in [7, 11) is -3.99. The predicted molar refractivity (Wildman–Crippen MR) is 127 cm³/mol. The second-order valence-corrected chi connectivity index (χ2v) is 10.7. The molecule has 1 saturated carbocycles. The molecule has 1 amide bonds. The van der Waals surface area contributed by atoms with Crippen molar-refractivity contribution >= 4 is 37.5 Å². The summed E-state index contributed by atoms with van der Waals surface area (Å²) in [5.41, 5.74) is 0.782. The zero-order valence-corrected chi connectivity index (χ0v) is 20.5. The van der Waals surface area contributed by atoms with Crippen molar-refractivity contribution in [3.05, 3.63) is 53.0 Å². The average molecular weight is 525 g/mol. The third kappa shape index (κ3) is 6.24. The number of aliphatic hydroxyl groups excluding tert-OH is 1. The van der Waals surface area contributed by atoms with E-state index in [2.05, 4.69) is 26.0 Å². The van der Waals surface area contributed by atoms with E-state index in [4.69, 9.17) is 4.74 Å². The quantitative estimate of drug-likeness (QED) is 0.471. The van der Waals surface area contributed by atoms with Crippen molar-refractivity contribution in [2.24, 2.45) is 5.92 Å². The minimum Gasteiger partial charge on any atom is -0.489 e. The lowest BCUT2D eigenvalue weighted by molar-refractivity contribution is -0.123. The third-order valence-corrected chi connectivity index (χ3v) is 7.78. The summed E-state index contributed by atoms with van der Waals surface area (Å²) in [6.45, 7) is 3.89. The van der Waals surface area contributed by atoms with Crippen molar-refractivity contribution in [3.63, 3.8) is 0 Å². The maximum Gasteiger partial charge on any atom is 0.265 e. The Morgan fingerprint density at radius 1 is 1.06 bits per heavy atom. The lowest BCUT2D eigenvalue weighted by Gasteiger charge is -2.24. The number of anilines is 1. The van der Waals surface area contributed by atoms with Gasteiger partial charge in [0, 0.05) is 10.4 Å². The van der Waals surface area contributed by atoms with Crippen LogP contribution >= 0.6 is 15.9 Å². The fourth-order valence-electron chi connectivity index (χ4n) is 3.80. The van der Waals surface area contributed by atoms with Gasteiger partial charge in [0.25, 0.3) is 10.0 Å². The van der Waals surface area contributed by atoms with Gasteiger partial charge in [-0.2, -0.15) is 0 Å². The summed E-state index contributed by atoms with van der Waals surface area (Å²) in [5.74, 6) is -0.346. The number of benzene rings is 2. The van der Waals surface area contributed by atoms with Gasteiger partial charge in [-0.25, -0.2) is 13.1 Å². The standard InChI is InChI=1S/C23H29BrN2O5S/c1-15(2)31-21-9-5-4-8-19(21)25-18-13-11-16(12-14-20(18)27)23(28)26-32(29,30)22-10-6-3-7-17(22)24/h3-10,15-16,18,20,25,27H,11-14H2,1-2H3,(H,26,28)/t16-,18+,20+/m1/s1. The number of para-hydroxylation sites is 2. The molecule has 32 heavy (non-hydrogen) atoms. The number of hydrogen-bond donors (Lipinski definition) is 3. The number of sulfonamides is 1. The van der Waals surface area contributed by atoms with Crippen LogP contribution in [-0.2, 0) is 14.8 Å². The molecule has 3 rings (SSSR count). The first kappa shape index (κ1) is 24.5. The Labute approximate surface area is 197 Å². The van der Waals surface area contributed by atoms with Gasteiger partial charge in [-0.15, -0.1) is 0 Å². The van der Waals surface area contributed by atoms with E-state index in [1.54, 1.807) is 18.2 Å². The zero-order valence-electron chi connectivity index (χ0n) is 18.1. The van der Waals surface area contributed by atoms with Crippen LogP contribution in [0.15, 0.2) is 57.9 Å². The Morgan fingerprint density at radius 3 is 2.44 bits per heavy atom. The molecule has 0 radical (unpaired) electrons. The highest BCUT2D eigenvalue weighted by Crippen LogP contribution is 2.31. The Hall–Kier alpha value is -2.10. The number of carbonyl (C=O) groups excluding carboxylic acids is 1. The molecule has 0 heterocycles. The smallest absolute Gasteiger partial charge is 0.265 e. The molecule has 1 fully saturated rings. The molecule has 0 aromatic heterocycles. The summed E-state index contributed by atoms with van der Waals surface area (Å²) >= 11 is 3.22. The van der Waals surface area contributed by atoms with Crippen LogP contribution in [0.1, 0.15) is 39.5 Å². The molecule has 174 valence electrons. The minimum absolute atomic E-state index is 0.0108. The Balaban J connectivity index is 1.66. The van der Waals surface area contributed by atoms with Crippen LogP contribution in [-0.4, -0.2) is 37.7 Å². The predicted octanol–water partition coefficient (Wildman–Crippen LogP) is 4.07. The van der Waals surface area contributed by atoms with Crippen molar-refractivity contribution in [3.8, 4) is 5.75 Å². The minimum atomic E-state index is -3.99. The summed E-state index contributed by atoms with van der Waals surface area (Å²) in [5, 5.41) is 14.0. The zero-order chi connectivity index (χ0) is 23.3. The maximum absolute atomic E-state index is 12.8. The van der Waals surface area contributed by atoms with Crippen LogP contribution in [0.5, 0.6) is 5.75 Å². The molecule has 1 aliphatic rings. The van der Waals surface area contributed by atoms with Crippen molar-refractivity contribution in [2.45, 2.75) is 62.7 Å². The van der Waals surface area contributed by atoms with E-state index < -0.39 is 28.0 Å². The number of hydrogen-bond acceptors (Lipinski definition) is 6. The van der Waals surface area contributed by atoms with Gasteiger partial charge in [0.2, 0.25) is 5.91 Å². The molecule has 3 N–H and O–H groups in total. The van der Waals surface area contributed by atoms with Gasteiger partial charge in [0.1, 0.15) is 10.6 Å². The van der Waals surface area contributed by atoms with E-state index >= 15 is 0 Å². The Kier molecular flexibility index (Phi) is 8.19. The number of rotatable bonds is 7. The first-order chi connectivity index (χ1) is 15.2. The SMILES string of the molecule is CC(C)Oc1ccccc1N[C@H]1CC[C@@H](C(=O)NS(=O)(=O)c2ccccc2Br)CC[C@@H]1O. The van der Waals surface area contributed by atoms with Gasteiger partial charge in [0.05, 0.1) is 23.9 Å². The highest BCUT2D eigenvalue weighted by Gasteiger charge is 2.32. The Morgan fingerprint density at radius 2 is 1.72 bits per heavy atom. The van der Waals surface area contributed by atoms with Crippen molar-refractivity contribution in [2.75, 3.05) is 5.32 Å². The van der Waals surface area contributed by atoms with E-state index in [0.29, 0.717) is 35.9 Å². The molecular weight excluding hydrogens is 496 g/mol. The first-order valence-electron chi connectivity index (χ1n) is 10.7. The molecule has 0 aliphatic heterocycles. The molecular formula is C23H29BrN2O5S. The fraction of sp³-hybridized carbons (Fsp3) is 0.435. The Bertz CT molecular complexity index is 1040. The summed E-state index contributed by atoms with van der Waals surface area (Å²) in [4.78, 5) is 12.8. The van der Waals surface area contributed by atoms with E-state index in [9.17, 15) is 18.3 Å². The van der Waals surface area contributed by atoms with Crippen LogP contribution in [0.25, 0.3) is 0 Å². The number of amides is 1. The van der Waals surface area contributed by atoms with E-state index in [1.807, 2.05) is 38.1 Å². The monoisotopic (exact) mass is 524 g/mol. The van der Waals surface area contributed by atoms with Crippen LogP contribution in [0.3, 0.4) is 0 Å². The van der Waals surface area contributed by atoms with Crippen LogP contribution in [0, 0.1) is 5.92 Å². The van der Waals surface area contributed by atoms with Gasteiger partial charge in [-0.05, 0) is 79.7 Å². The van der Waals surface area contributed by atoms with Crippen LogP contribution in [0.4, 0.5) is 5.69 Å². The highest BCUT2D eigenvalue weighted by atomic mass is 79.9. The maximum atomic E-state index is 12.8. The molecule has 0 bridgehead atoms. The van der Waals surface area contributed by atoms with E-state index in [1.165, 1.54) is 6.07 Å². The van der Waals surface area contributed by atoms with Gasteiger partial charge in [0.15, 0.2) is 0 Å². The van der Waals surface area contributed by atoms with E-state index in [-0.39, 0.29) is 17.0 Å². The second kappa shape index (κ2) is 10.7. The summed E-state index contributed by atoms with van der Waals surface area (Å²) < 4.78 is 33.7. The summed E-state index contributed by atoms with van der Waals surface area (Å²) in [6.07, 6.45) is 1.11.